The van der Waals surface area contributed by atoms with Gasteiger partial charge >= 0.3 is 20.9 Å². The fraction of sp³-hybridized carbons (Fsp3) is 0.438. The first-order chi connectivity index (χ1) is 28.1. The van der Waals surface area contributed by atoms with Gasteiger partial charge in [0, 0.05) is 42.8 Å². The predicted molar refractivity (Wildman–Crippen MR) is 232 cm³/mol. The minimum atomic E-state index is -3.11. The standard InChI is InChI=1S/C48H61NO9Si/c1-11-55-59(56-12-2,57-13-3)44-27-29-49(44)46(52)54-30-14-28-48(9,37-17-15-36(16-18-37)35(6)50)38-19-23-41(24-20-38)58-45(51)42-25-21-39(31-33(42)4)47(7,8)40-22-26-43(53-10)34(5)32-40/h15-26,31-32,44H,11-14,27-30H2,1-10H3. The van der Waals surface area contributed by atoms with E-state index in [1.165, 1.54) is 0 Å². The normalized spacial score (nSPS) is 15.2. The second-order valence-corrected chi connectivity index (χ2v) is 18.6. The fourth-order valence-corrected chi connectivity index (χ4v) is 11.1. The molecule has 10 nitrogen and oxygen atoms in total. The number of carbonyl (C=O) groups excluding carboxylic acids is 3. The van der Waals surface area contributed by atoms with Gasteiger partial charge in [-0.1, -0.05) is 81.4 Å². The summed E-state index contributed by atoms with van der Waals surface area (Å²) in [6.07, 6.45) is 1.53. The molecule has 2 atom stereocenters. The topological polar surface area (TPSA) is 110 Å². The molecule has 1 aliphatic rings. The maximum Gasteiger partial charge on any atom is 0.524 e. The molecule has 1 fully saturated rings. The smallest absolute Gasteiger partial charge is 0.496 e. The molecule has 0 aromatic heterocycles. The van der Waals surface area contributed by atoms with E-state index >= 15 is 0 Å². The average Bonchev–Trinajstić information content (AvgIpc) is 3.19. The summed E-state index contributed by atoms with van der Waals surface area (Å²) in [6, 6.07) is 27.3. The SMILES string of the molecule is CCO[Si](OCC)(OCC)C1CCN1C(=O)OCCCC(C)(c1ccc(OC(=O)c2ccc(C(C)(C)c3ccc(OC)c(C)c3)cc2C)cc1)c1ccc(C(C)=O)cc1. The Morgan fingerprint density at radius 1 is 0.746 bits per heavy atom. The zero-order valence-electron chi connectivity index (χ0n) is 36.4. The van der Waals surface area contributed by atoms with E-state index in [2.05, 4.69) is 39.0 Å². The number of ether oxygens (including phenoxy) is 3. The number of Topliss-reactive ketones (excluding diaryl/α,β-unsaturated/α-hetero) is 1. The molecule has 4 aromatic rings. The molecule has 1 amide bonds. The lowest BCUT2D eigenvalue weighted by atomic mass is 9.73. The fourth-order valence-electron chi connectivity index (χ4n) is 7.96. The molecular weight excluding hydrogens is 763 g/mol. The number of likely N-dealkylation sites (tertiary alicyclic amines) is 1. The van der Waals surface area contributed by atoms with Crippen LogP contribution in [0.2, 0.25) is 0 Å². The van der Waals surface area contributed by atoms with Crippen LogP contribution in [-0.4, -0.2) is 77.3 Å². The first kappa shape index (κ1) is 45.3. The lowest BCUT2D eigenvalue weighted by Gasteiger charge is -2.47. The quantitative estimate of drug-likeness (QED) is 0.0300. The molecule has 0 N–H and O–H groups in total. The van der Waals surface area contributed by atoms with Crippen molar-refractivity contribution in [2.24, 2.45) is 0 Å². The van der Waals surface area contributed by atoms with Gasteiger partial charge in [0.1, 0.15) is 17.2 Å². The monoisotopic (exact) mass is 823 g/mol. The zero-order chi connectivity index (χ0) is 43.0. The van der Waals surface area contributed by atoms with Crippen LogP contribution in [0.4, 0.5) is 4.79 Å². The molecule has 4 aromatic carbocycles. The maximum atomic E-state index is 13.5. The van der Waals surface area contributed by atoms with Crippen molar-refractivity contribution in [1.29, 1.82) is 0 Å². The summed E-state index contributed by atoms with van der Waals surface area (Å²) in [7, 11) is -1.44. The van der Waals surface area contributed by atoms with Gasteiger partial charge in [0.2, 0.25) is 0 Å². The highest BCUT2D eigenvalue weighted by Gasteiger charge is 2.57. The van der Waals surface area contributed by atoms with Crippen LogP contribution in [0.1, 0.15) is 122 Å². The van der Waals surface area contributed by atoms with Crippen LogP contribution in [0.25, 0.3) is 0 Å². The van der Waals surface area contributed by atoms with E-state index in [9.17, 15) is 14.4 Å². The number of aryl methyl sites for hydroxylation is 2. The molecular formula is C48H61NO9Si. The molecule has 11 heteroatoms. The molecule has 1 heterocycles. The first-order valence-corrected chi connectivity index (χ1v) is 22.5. The van der Waals surface area contributed by atoms with Gasteiger partial charge in [-0.2, -0.15) is 0 Å². The van der Waals surface area contributed by atoms with Crippen LogP contribution in [0, 0.1) is 13.8 Å². The number of carbonyl (C=O) groups is 3. The number of hydrogen-bond donors (Lipinski definition) is 0. The van der Waals surface area contributed by atoms with Gasteiger partial charge in [0.25, 0.3) is 0 Å². The number of benzene rings is 4. The van der Waals surface area contributed by atoms with E-state index in [1.54, 1.807) is 18.9 Å². The number of methoxy groups -OCH3 is 1. The van der Waals surface area contributed by atoms with Crippen LogP contribution in [0.15, 0.2) is 84.9 Å². The van der Waals surface area contributed by atoms with Gasteiger partial charge in [-0.05, 0) is 118 Å². The summed E-state index contributed by atoms with van der Waals surface area (Å²) in [5.74, 6) is 0.834. The van der Waals surface area contributed by atoms with E-state index < -0.39 is 26.3 Å². The number of esters is 1. The van der Waals surface area contributed by atoms with Crippen LogP contribution in [0.5, 0.6) is 11.5 Å². The number of ketones is 1. The van der Waals surface area contributed by atoms with Crippen molar-refractivity contribution in [3.05, 3.63) is 129 Å². The second-order valence-electron chi connectivity index (χ2n) is 15.8. The maximum absolute atomic E-state index is 13.5. The van der Waals surface area contributed by atoms with Gasteiger partial charge in [-0.3, -0.25) is 4.79 Å². The Bertz CT molecular complexity index is 2060. The largest absolute Gasteiger partial charge is 0.524 e. The Morgan fingerprint density at radius 3 is 1.78 bits per heavy atom. The zero-order valence-corrected chi connectivity index (χ0v) is 37.4. The van der Waals surface area contributed by atoms with E-state index in [4.69, 9.17) is 27.5 Å². The lowest BCUT2D eigenvalue weighted by molar-refractivity contribution is 0.000727. The van der Waals surface area contributed by atoms with Gasteiger partial charge in [-0.25, -0.2) is 9.59 Å². The number of rotatable bonds is 19. The Hall–Kier alpha value is -4.81. The molecule has 2 unspecified atom stereocenters. The minimum Gasteiger partial charge on any atom is -0.496 e. The van der Waals surface area contributed by atoms with Crippen molar-refractivity contribution in [1.82, 2.24) is 4.90 Å². The van der Waals surface area contributed by atoms with Crippen molar-refractivity contribution in [3.63, 3.8) is 0 Å². The third-order valence-electron chi connectivity index (χ3n) is 11.7. The number of hydrogen-bond acceptors (Lipinski definition) is 9. The molecule has 5 rings (SSSR count). The van der Waals surface area contributed by atoms with Crippen molar-refractivity contribution in [2.45, 2.75) is 98.1 Å². The van der Waals surface area contributed by atoms with Crippen molar-refractivity contribution in [2.75, 3.05) is 40.1 Å². The summed E-state index contributed by atoms with van der Waals surface area (Å²) >= 11 is 0. The van der Waals surface area contributed by atoms with Crippen molar-refractivity contribution in [3.8, 4) is 11.5 Å². The highest BCUT2D eigenvalue weighted by Crippen LogP contribution is 2.39. The molecule has 0 bridgehead atoms. The summed E-state index contributed by atoms with van der Waals surface area (Å²) in [5.41, 5.74) is 6.15. The first-order valence-electron chi connectivity index (χ1n) is 20.7. The van der Waals surface area contributed by atoms with Crippen LogP contribution >= 0.6 is 0 Å². The molecule has 316 valence electrons. The molecule has 0 spiro atoms. The van der Waals surface area contributed by atoms with E-state index in [-0.39, 0.29) is 23.5 Å². The minimum absolute atomic E-state index is 0.00775. The summed E-state index contributed by atoms with van der Waals surface area (Å²) in [4.78, 5) is 40.6. The Kier molecular flexibility index (Phi) is 15.0. The molecule has 1 saturated heterocycles. The Labute approximate surface area is 351 Å². The summed E-state index contributed by atoms with van der Waals surface area (Å²) in [5, 5.41) is 0. The van der Waals surface area contributed by atoms with Crippen LogP contribution in [-0.2, 0) is 28.8 Å². The third-order valence-corrected chi connectivity index (χ3v) is 15.2. The number of amides is 1. The molecule has 1 aliphatic heterocycles. The molecule has 0 aliphatic carbocycles. The highest BCUT2D eigenvalue weighted by molar-refractivity contribution is 6.63. The molecule has 59 heavy (non-hydrogen) atoms. The third kappa shape index (κ3) is 9.98. The highest BCUT2D eigenvalue weighted by atomic mass is 28.4. The Morgan fingerprint density at radius 2 is 1.29 bits per heavy atom. The van der Waals surface area contributed by atoms with Gasteiger partial charge in [-0.15, -0.1) is 0 Å². The predicted octanol–water partition coefficient (Wildman–Crippen LogP) is 9.94. The van der Waals surface area contributed by atoms with E-state index in [1.807, 2.05) is 101 Å². The Balaban J connectivity index is 1.28. The lowest BCUT2D eigenvalue weighted by Crippen LogP contribution is -2.69. The molecule has 0 radical (unpaired) electrons. The van der Waals surface area contributed by atoms with Gasteiger partial charge < -0.3 is 32.4 Å². The van der Waals surface area contributed by atoms with Crippen LogP contribution < -0.4 is 9.47 Å². The van der Waals surface area contributed by atoms with E-state index in [0.717, 1.165) is 45.6 Å². The van der Waals surface area contributed by atoms with E-state index in [0.29, 0.717) is 56.1 Å². The summed E-state index contributed by atoms with van der Waals surface area (Å²) < 4.78 is 35.4. The summed E-state index contributed by atoms with van der Waals surface area (Å²) in [6.45, 7) is 19.8. The number of nitrogens with zero attached hydrogens (tertiary/aromatic N) is 1. The molecule has 0 saturated carbocycles. The van der Waals surface area contributed by atoms with Crippen LogP contribution in [0.3, 0.4) is 0 Å². The average molecular weight is 824 g/mol. The van der Waals surface area contributed by atoms with Crippen molar-refractivity contribution >= 4 is 26.7 Å². The van der Waals surface area contributed by atoms with Gasteiger partial charge in [0.05, 0.1) is 19.3 Å². The van der Waals surface area contributed by atoms with Gasteiger partial charge in [0.15, 0.2) is 5.78 Å². The van der Waals surface area contributed by atoms with Crippen molar-refractivity contribution < 1.29 is 41.9 Å². The second kappa shape index (κ2) is 19.5.